The van der Waals surface area contributed by atoms with E-state index in [9.17, 15) is 14.4 Å². The Bertz CT molecular complexity index is 973. The molecule has 0 bridgehead atoms. The maximum atomic E-state index is 12.5. The van der Waals surface area contributed by atoms with Gasteiger partial charge in [0.1, 0.15) is 11.3 Å². The predicted octanol–water partition coefficient (Wildman–Crippen LogP) is 1.38. The van der Waals surface area contributed by atoms with Crippen molar-refractivity contribution in [3.05, 3.63) is 70.3 Å². The second kappa shape index (κ2) is 7.43. The van der Waals surface area contributed by atoms with Crippen molar-refractivity contribution in [3.63, 3.8) is 0 Å². The molecule has 0 aliphatic carbocycles. The van der Waals surface area contributed by atoms with Crippen LogP contribution >= 0.6 is 0 Å². The van der Waals surface area contributed by atoms with Gasteiger partial charge in [0.05, 0.1) is 18.5 Å². The number of aromatic nitrogens is 4. The minimum Gasteiger partial charge on any atom is -0.462 e. The number of esters is 1. The molecule has 1 aromatic carbocycles. The number of benzene rings is 1. The van der Waals surface area contributed by atoms with Crippen molar-refractivity contribution in [1.82, 2.24) is 20.0 Å². The lowest BCUT2D eigenvalue weighted by Gasteiger charge is -2.10. The van der Waals surface area contributed by atoms with E-state index in [1.807, 2.05) is 6.07 Å². The van der Waals surface area contributed by atoms with Gasteiger partial charge in [0, 0.05) is 6.07 Å². The quantitative estimate of drug-likeness (QED) is 0.669. The van der Waals surface area contributed by atoms with E-state index in [1.165, 1.54) is 23.0 Å². The number of nitrogens with zero attached hydrogens (tertiary/aromatic N) is 3. The van der Waals surface area contributed by atoms with E-state index < -0.39 is 17.4 Å². The van der Waals surface area contributed by atoms with Crippen LogP contribution < -0.4 is 10.9 Å². The molecule has 1 amide bonds. The molecule has 3 rings (SSSR count). The maximum absolute atomic E-state index is 12.5. The molecule has 2 aromatic heterocycles. The second-order valence-electron chi connectivity index (χ2n) is 5.14. The Kier molecular flexibility index (Phi) is 4.88. The first kappa shape index (κ1) is 17.1. The average Bonchev–Trinajstić information content (AvgIpc) is 3.07. The minimum absolute atomic E-state index is 0.0137. The van der Waals surface area contributed by atoms with Crippen molar-refractivity contribution in [2.75, 3.05) is 11.9 Å². The third kappa shape index (κ3) is 3.51. The number of para-hydroxylation sites is 1. The number of carbonyl (C=O) groups is 2. The zero-order valence-electron chi connectivity index (χ0n) is 13.8. The van der Waals surface area contributed by atoms with Gasteiger partial charge in [-0.05, 0) is 25.1 Å². The van der Waals surface area contributed by atoms with Crippen LogP contribution in [0.2, 0.25) is 0 Å². The van der Waals surface area contributed by atoms with Gasteiger partial charge < -0.3 is 10.1 Å². The van der Waals surface area contributed by atoms with Gasteiger partial charge in [-0.15, -0.1) is 0 Å². The Morgan fingerprint density at radius 1 is 1.19 bits per heavy atom. The number of nitrogens with one attached hydrogen (secondary N) is 2. The molecular weight excluding hydrogens is 338 g/mol. The number of anilines is 1. The molecule has 9 nitrogen and oxygen atoms in total. The highest BCUT2D eigenvalue weighted by Crippen LogP contribution is 2.21. The largest absolute Gasteiger partial charge is 0.462 e. The number of ether oxygens (including phenoxy) is 1. The van der Waals surface area contributed by atoms with Gasteiger partial charge >= 0.3 is 5.97 Å². The summed E-state index contributed by atoms with van der Waals surface area (Å²) in [5, 5.41) is 12.6. The van der Waals surface area contributed by atoms with Gasteiger partial charge in [-0.3, -0.25) is 9.59 Å². The lowest BCUT2D eigenvalue weighted by molar-refractivity contribution is 0.0527. The fourth-order valence-electron chi connectivity index (χ4n) is 2.23. The summed E-state index contributed by atoms with van der Waals surface area (Å²) >= 11 is 0. The van der Waals surface area contributed by atoms with Crippen LogP contribution in [-0.2, 0) is 4.74 Å². The van der Waals surface area contributed by atoms with E-state index in [-0.39, 0.29) is 23.7 Å². The van der Waals surface area contributed by atoms with Crippen molar-refractivity contribution < 1.29 is 14.3 Å². The van der Waals surface area contributed by atoms with Crippen LogP contribution in [0, 0.1) is 0 Å². The zero-order valence-corrected chi connectivity index (χ0v) is 13.8. The Morgan fingerprint density at radius 3 is 2.62 bits per heavy atom. The van der Waals surface area contributed by atoms with Gasteiger partial charge in [0.15, 0.2) is 5.82 Å². The molecule has 0 aliphatic heterocycles. The third-order valence-corrected chi connectivity index (χ3v) is 3.41. The van der Waals surface area contributed by atoms with Crippen molar-refractivity contribution >= 4 is 17.7 Å². The highest BCUT2D eigenvalue weighted by molar-refractivity contribution is 6.06. The minimum atomic E-state index is -0.612. The van der Waals surface area contributed by atoms with E-state index in [2.05, 4.69) is 20.6 Å². The molecule has 0 fully saturated rings. The van der Waals surface area contributed by atoms with Gasteiger partial charge in [0.2, 0.25) is 0 Å². The number of aromatic amines is 1. The first-order chi connectivity index (χ1) is 12.6. The lowest BCUT2D eigenvalue weighted by Crippen LogP contribution is -2.21. The summed E-state index contributed by atoms with van der Waals surface area (Å²) in [4.78, 5) is 35.7. The van der Waals surface area contributed by atoms with Gasteiger partial charge in [-0.25, -0.2) is 14.6 Å². The Hall–Kier alpha value is -3.75. The lowest BCUT2D eigenvalue weighted by atomic mass is 10.3. The summed E-state index contributed by atoms with van der Waals surface area (Å²) in [5.74, 6) is -1.07. The fraction of sp³-hybridized carbons (Fsp3) is 0.118. The number of hydrogen-bond donors (Lipinski definition) is 2. The molecule has 26 heavy (non-hydrogen) atoms. The van der Waals surface area contributed by atoms with Crippen LogP contribution in [0.5, 0.6) is 0 Å². The van der Waals surface area contributed by atoms with Crippen LogP contribution in [0.4, 0.5) is 5.82 Å². The topological polar surface area (TPSA) is 119 Å². The van der Waals surface area contributed by atoms with Gasteiger partial charge in [-0.2, -0.15) is 10.2 Å². The first-order valence-electron chi connectivity index (χ1n) is 7.77. The summed E-state index contributed by atoms with van der Waals surface area (Å²) in [6.07, 6.45) is 1.32. The molecule has 0 unspecified atom stereocenters. The summed E-state index contributed by atoms with van der Waals surface area (Å²) in [6.45, 7) is 1.87. The molecule has 0 saturated heterocycles. The smallest absolute Gasteiger partial charge is 0.343 e. The van der Waals surface area contributed by atoms with E-state index in [1.54, 1.807) is 31.2 Å². The number of carbonyl (C=O) groups excluding carboxylic acids is 2. The van der Waals surface area contributed by atoms with E-state index in [0.717, 1.165) is 0 Å². The summed E-state index contributed by atoms with van der Waals surface area (Å²) < 4.78 is 6.43. The highest BCUT2D eigenvalue weighted by Gasteiger charge is 2.22. The van der Waals surface area contributed by atoms with Gasteiger partial charge in [0.25, 0.3) is 11.5 Å². The molecule has 0 aliphatic rings. The van der Waals surface area contributed by atoms with Crippen LogP contribution in [0.3, 0.4) is 0 Å². The SMILES string of the molecule is CCOC(=O)c1cnn(-c2ccccc2)c1NC(=O)c1ccc(=O)[nH]n1. The molecule has 0 spiro atoms. The predicted molar refractivity (Wildman–Crippen MR) is 92.3 cm³/mol. The molecule has 3 aromatic rings. The fourth-order valence-corrected chi connectivity index (χ4v) is 2.23. The first-order valence-corrected chi connectivity index (χ1v) is 7.77. The van der Waals surface area contributed by atoms with Crippen molar-refractivity contribution in [1.29, 1.82) is 0 Å². The van der Waals surface area contributed by atoms with Crippen LogP contribution in [0.25, 0.3) is 5.69 Å². The maximum Gasteiger partial charge on any atom is 0.343 e. The van der Waals surface area contributed by atoms with Gasteiger partial charge in [-0.1, -0.05) is 18.2 Å². The highest BCUT2D eigenvalue weighted by atomic mass is 16.5. The molecular formula is C17H15N5O4. The Morgan fingerprint density at radius 2 is 1.96 bits per heavy atom. The van der Waals surface area contributed by atoms with Crippen LogP contribution in [0.15, 0.2) is 53.5 Å². The monoisotopic (exact) mass is 353 g/mol. The normalized spacial score (nSPS) is 10.3. The second-order valence-corrected chi connectivity index (χ2v) is 5.14. The molecule has 132 valence electrons. The summed E-state index contributed by atoms with van der Waals surface area (Å²) in [6, 6.07) is 11.4. The average molecular weight is 353 g/mol. The molecule has 2 heterocycles. The molecule has 0 radical (unpaired) electrons. The molecule has 0 atom stereocenters. The Labute approximate surface area is 147 Å². The van der Waals surface area contributed by atoms with Crippen molar-refractivity contribution in [2.45, 2.75) is 6.92 Å². The summed E-state index contributed by atoms with van der Waals surface area (Å²) in [7, 11) is 0. The number of hydrogen-bond acceptors (Lipinski definition) is 6. The zero-order chi connectivity index (χ0) is 18.5. The summed E-state index contributed by atoms with van der Waals surface area (Å²) in [5.41, 5.74) is 0.310. The van der Waals surface area contributed by atoms with E-state index in [0.29, 0.717) is 5.69 Å². The number of rotatable bonds is 5. The standard InChI is InChI=1S/C17H15N5O4/c1-2-26-17(25)12-10-18-22(11-6-4-3-5-7-11)15(12)19-16(24)13-8-9-14(23)21-20-13/h3-10H,2H2,1H3,(H,19,24)(H,21,23). The molecule has 0 saturated carbocycles. The van der Waals surface area contributed by atoms with Crippen molar-refractivity contribution in [3.8, 4) is 5.69 Å². The third-order valence-electron chi connectivity index (χ3n) is 3.41. The Balaban J connectivity index is 2.00. The van der Waals surface area contributed by atoms with Crippen molar-refractivity contribution in [2.24, 2.45) is 0 Å². The van der Waals surface area contributed by atoms with E-state index in [4.69, 9.17) is 4.74 Å². The number of amides is 1. The van der Waals surface area contributed by atoms with E-state index >= 15 is 0 Å². The molecule has 2 N–H and O–H groups in total. The van der Waals surface area contributed by atoms with Crippen LogP contribution in [0.1, 0.15) is 27.8 Å². The number of H-pyrrole nitrogens is 1. The van der Waals surface area contributed by atoms with Crippen LogP contribution in [-0.4, -0.2) is 38.5 Å². The molecule has 9 heteroatoms.